The molecular weight excluding hydrogens is 128 g/mol. The van der Waals surface area contributed by atoms with Crippen molar-refractivity contribution in [1.29, 1.82) is 0 Å². The zero-order chi connectivity index (χ0) is 7.23. The molecule has 1 rings (SSSR count). The van der Waals surface area contributed by atoms with Gasteiger partial charge in [0.25, 0.3) is 0 Å². The molecule has 0 amide bonds. The summed E-state index contributed by atoms with van der Waals surface area (Å²) < 4.78 is 5.42. The van der Waals surface area contributed by atoms with E-state index in [1.165, 1.54) is 12.8 Å². The van der Waals surface area contributed by atoms with Crippen LogP contribution in [-0.4, -0.2) is 24.4 Å². The van der Waals surface area contributed by atoms with Crippen LogP contribution in [0.3, 0.4) is 0 Å². The Hall–Kier alpha value is -0.0800. The van der Waals surface area contributed by atoms with Crippen LogP contribution in [0.25, 0.3) is 0 Å². The molecule has 1 fully saturated rings. The van der Waals surface area contributed by atoms with Crippen LogP contribution in [0.5, 0.6) is 0 Å². The van der Waals surface area contributed by atoms with Crippen molar-refractivity contribution in [3.63, 3.8) is 0 Å². The second kappa shape index (κ2) is 4.69. The predicted octanol–water partition coefficient (Wildman–Crippen LogP) is 1.33. The second-order valence-electron chi connectivity index (χ2n) is 2.85. The molecule has 0 radical (unpaired) electrons. The minimum absolute atomic E-state index is 0.323. The summed E-state index contributed by atoms with van der Waals surface area (Å²) in [6.45, 7) is 1.22. The molecule has 0 aromatic heterocycles. The van der Waals surface area contributed by atoms with Gasteiger partial charge in [0, 0.05) is 13.2 Å². The van der Waals surface area contributed by atoms with Crippen molar-refractivity contribution in [2.24, 2.45) is 0 Å². The zero-order valence-corrected chi connectivity index (χ0v) is 6.38. The van der Waals surface area contributed by atoms with E-state index in [9.17, 15) is 0 Å². The molecule has 0 heterocycles. The Kier molecular flexibility index (Phi) is 3.76. The van der Waals surface area contributed by atoms with E-state index in [2.05, 4.69) is 0 Å². The fourth-order valence-electron chi connectivity index (χ4n) is 0.875. The molecule has 0 atom stereocenters. The second-order valence-corrected chi connectivity index (χ2v) is 2.85. The lowest BCUT2D eigenvalue weighted by Crippen LogP contribution is -1.96. The van der Waals surface area contributed by atoms with Crippen molar-refractivity contribution in [2.45, 2.75) is 38.2 Å². The highest BCUT2D eigenvalue weighted by Crippen LogP contribution is 2.23. The highest BCUT2D eigenvalue weighted by molar-refractivity contribution is 4.72. The molecule has 1 N–H and O–H groups in total. The van der Waals surface area contributed by atoms with Crippen molar-refractivity contribution in [3.8, 4) is 0 Å². The summed E-state index contributed by atoms with van der Waals surface area (Å²) in [4.78, 5) is 0. The minimum Gasteiger partial charge on any atom is -0.396 e. The van der Waals surface area contributed by atoms with Crippen LogP contribution >= 0.6 is 0 Å². The normalized spacial score (nSPS) is 17.7. The summed E-state index contributed by atoms with van der Waals surface area (Å²) in [6, 6.07) is 0. The van der Waals surface area contributed by atoms with Gasteiger partial charge < -0.3 is 9.84 Å². The molecule has 2 heteroatoms. The Morgan fingerprint density at radius 2 is 2.00 bits per heavy atom. The first-order valence-corrected chi connectivity index (χ1v) is 4.16. The van der Waals surface area contributed by atoms with Crippen molar-refractivity contribution in [2.75, 3.05) is 13.2 Å². The van der Waals surface area contributed by atoms with Crippen LogP contribution in [-0.2, 0) is 4.74 Å². The molecule has 1 aliphatic rings. The van der Waals surface area contributed by atoms with Crippen molar-refractivity contribution in [1.82, 2.24) is 0 Å². The Bertz CT molecular complexity index is 79.3. The van der Waals surface area contributed by atoms with Crippen molar-refractivity contribution in [3.05, 3.63) is 0 Å². The molecule has 0 spiro atoms. The first-order chi connectivity index (χ1) is 4.93. The summed E-state index contributed by atoms with van der Waals surface area (Å²) in [5, 5.41) is 8.45. The van der Waals surface area contributed by atoms with Crippen LogP contribution in [0.15, 0.2) is 0 Å². The SMILES string of the molecule is OCCCCCOC1CC1. The van der Waals surface area contributed by atoms with Gasteiger partial charge in [-0.15, -0.1) is 0 Å². The van der Waals surface area contributed by atoms with Crippen LogP contribution < -0.4 is 0 Å². The first-order valence-electron chi connectivity index (χ1n) is 4.16. The molecule has 0 aliphatic heterocycles. The maximum absolute atomic E-state index is 8.45. The molecular formula is C8H16O2. The van der Waals surface area contributed by atoms with E-state index in [1.54, 1.807) is 0 Å². The highest BCUT2D eigenvalue weighted by atomic mass is 16.5. The van der Waals surface area contributed by atoms with Gasteiger partial charge in [-0.1, -0.05) is 0 Å². The van der Waals surface area contributed by atoms with Crippen molar-refractivity contribution < 1.29 is 9.84 Å². The van der Waals surface area contributed by atoms with E-state index < -0.39 is 0 Å². The van der Waals surface area contributed by atoms with Gasteiger partial charge in [-0.05, 0) is 32.1 Å². The first kappa shape index (κ1) is 8.02. The third kappa shape index (κ3) is 3.85. The third-order valence-corrected chi connectivity index (χ3v) is 1.68. The number of aliphatic hydroxyl groups excluding tert-OH is 1. The summed E-state index contributed by atoms with van der Waals surface area (Å²) in [5.41, 5.74) is 0. The van der Waals surface area contributed by atoms with Gasteiger partial charge in [-0.25, -0.2) is 0 Å². The van der Waals surface area contributed by atoms with Crippen LogP contribution in [0.4, 0.5) is 0 Å². The summed E-state index contributed by atoms with van der Waals surface area (Å²) in [6.07, 6.45) is 6.25. The van der Waals surface area contributed by atoms with Gasteiger partial charge in [-0.2, -0.15) is 0 Å². The smallest absolute Gasteiger partial charge is 0.0577 e. The summed E-state index contributed by atoms with van der Waals surface area (Å²) in [7, 11) is 0. The molecule has 2 nitrogen and oxygen atoms in total. The van der Waals surface area contributed by atoms with Gasteiger partial charge in [0.05, 0.1) is 6.10 Å². The van der Waals surface area contributed by atoms with E-state index in [0.717, 1.165) is 25.9 Å². The molecule has 60 valence electrons. The Morgan fingerprint density at radius 3 is 2.60 bits per heavy atom. The largest absolute Gasteiger partial charge is 0.396 e. The van der Waals surface area contributed by atoms with Crippen LogP contribution in [0.1, 0.15) is 32.1 Å². The number of hydrogen-bond donors (Lipinski definition) is 1. The number of hydrogen-bond acceptors (Lipinski definition) is 2. The molecule has 10 heavy (non-hydrogen) atoms. The number of aliphatic hydroxyl groups is 1. The zero-order valence-electron chi connectivity index (χ0n) is 6.38. The van der Waals surface area contributed by atoms with Crippen LogP contribution in [0, 0.1) is 0 Å². The average molecular weight is 144 g/mol. The average Bonchev–Trinajstić information content (AvgIpc) is 2.71. The molecule has 0 bridgehead atoms. The Balaban J connectivity index is 1.68. The topological polar surface area (TPSA) is 29.5 Å². The maximum atomic E-state index is 8.45. The fraction of sp³-hybridized carbons (Fsp3) is 1.00. The minimum atomic E-state index is 0.323. The molecule has 1 saturated carbocycles. The molecule has 0 saturated heterocycles. The van der Waals surface area contributed by atoms with E-state index in [1.807, 2.05) is 0 Å². The van der Waals surface area contributed by atoms with E-state index in [4.69, 9.17) is 9.84 Å². The Labute approximate surface area is 62.2 Å². The van der Waals surface area contributed by atoms with Gasteiger partial charge in [0.1, 0.15) is 0 Å². The number of rotatable bonds is 6. The number of ether oxygens (including phenoxy) is 1. The lowest BCUT2D eigenvalue weighted by molar-refractivity contribution is 0.114. The lowest BCUT2D eigenvalue weighted by atomic mass is 10.2. The van der Waals surface area contributed by atoms with Crippen molar-refractivity contribution >= 4 is 0 Å². The lowest BCUT2D eigenvalue weighted by Gasteiger charge is -1.99. The summed E-state index contributed by atoms with van der Waals surface area (Å²) in [5.74, 6) is 0. The molecule has 0 aromatic carbocycles. The monoisotopic (exact) mass is 144 g/mol. The van der Waals surface area contributed by atoms with Gasteiger partial charge in [-0.3, -0.25) is 0 Å². The standard InChI is InChI=1S/C8H16O2/c9-6-2-1-3-7-10-8-4-5-8/h8-9H,1-7H2. The third-order valence-electron chi connectivity index (χ3n) is 1.68. The van der Waals surface area contributed by atoms with E-state index in [0.29, 0.717) is 12.7 Å². The molecule has 0 aromatic rings. The van der Waals surface area contributed by atoms with Gasteiger partial charge >= 0.3 is 0 Å². The Morgan fingerprint density at radius 1 is 1.20 bits per heavy atom. The quantitative estimate of drug-likeness (QED) is 0.570. The van der Waals surface area contributed by atoms with Gasteiger partial charge in [0.15, 0.2) is 0 Å². The fourth-order valence-corrected chi connectivity index (χ4v) is 0.875. The van der Waals surface area contributed by atoms with Gasteiger partial charge in [0.2, 0.25) is 0 Å². The van der Waals surface area contributed by atoms with Crippen LogP contribution in [0.2, 0.25) is 0 Å². The predicted molar refractivity (Wildman–Crippen MR) is 39.9 cm³/mol. The summed E-state index contributed by atoms with van der Waals surface area (Å²) >= 11 is 0. The molecule has 0 unspecified atom stereocenters. The maximum Gasteiger partial charge on any atom is 0.0577 e. The number of unbranched alkanes of at least 4 members (excludes halogenated alkanes) is 2. The molecule has 1 aliphatic carbocycles. The van der Waals surface area contributed by atoms with E-state index in [-0.39, 0.29) is 0 Å². The highest BCUT2D eigenvalue weighted by Gasteiger charge is 2.21. The van der Waals surface area contributed by atoms with E-state index >= 15 is 0 Å².